The van der Waals surface area contributed by atoms with Crippen LogP contribution in [-0.2, 0) is 26.2 Å². The average Bonchev–Trinajstić information content (AvgIpc) is 3.46. The molecule has 7 nitrogen and oxygen atoms in total. The van der Waals surface area contributed by atoms with Gasteiger partial charge < -0.3 is 10.2 Å². The van der Waals surface area contributed by atoms with Gasteiger partial charge in [0.05, 0.1) is 20.6 Å². The van der Waals surface area contributed by atoms with Gasteiger partial charge in [0.25, 0.3) is 10.0 Å². The maximum atomic E-state index is 14.1. The Morgan fingerprint density at radius 1 is 0.927 bits per heavy atom. The Morgan fingerprint density at radius 2 is 1.51 bits per heavy atom. The van der Waals surface area contributed by atoms with Gasteiger partial charge in [-0.1, -0.05) is 89.6 Å². The van der Waals surface area contributed by atoms with Crippen molar-refractivity contribution < 1.29 is 18.0 Å². The monoisotopic (exact) mass is 615 g/mol. The van der Waals surface area contributed by atoms with E-state index in [1.54, 1.807) is 31.2 Å². The predicted molar refractivity (Wildman–Crippen MR) is 164 cm³/mol. The lowest BCUT2D eigenvalue weighted by Crippen LogP contribution is -2.52. The molecular weight excluding hydrogens is 581 g/mol. The van der Waals surface area contributed by atoms with E-state index in [9.17, 15) is 18.0 Å². The number of benzene rings is 3. The summed E-state index contributed by atoms with van der Waals surface area (Å²) in [5.74, 6) is -0.822. The molecule has 1 saturated carbocycles. The number of carbonyl (C=O) groups excluding carboxylic acids is 2. The van der Waals surface area contributed by atoms with Crippen molar-refractivity contribution in [2.45, 2.75) is 70.0 Å². The van der Waals surface area contributed by atoms with Gasteiger partial charge in [-0.2, -0.15) is 0 Å². The lowest BCUT2D eigenvalue weighted by atomic mass is 10.1. The number of sulfonamides is 1. The van der Waals surface area contributed by atoms with Crippen LogP contribution in [0.4, 0.5) is 5.69 Å². The molecule has 1 aliphatic rings. The minimum Gasteiger partial charge on any atom is -0.352 e. The largest absolute Gasteiger partial charge is 0.352 e. The molecule has 1 N–H and O–H groups in total. The Labute approximate surface area is 252 Å². The van der Waals surface area contributed by atoms with Gasteiger partial charge in [-0.05, 0) is 63.4 Å². The summed E-state index contributed by atoms with van der Waals surface area (Å²) in [5, 5.41) is 3.23. The third kappa shape index (κ3) is 7.42. The van der Waals surface area contributed by atoms with Gasteiger partial charge in [-0.3, -0.25) is 13.9 Å². The van der Waals surface area contributed by atoms with Crippen LogP contribution in [-0.4, -0.2) is 43.8 Å². The first-order valence-corrected chi connectivity index (χ1v) is 15.9. The quantitative estimate of drug-likeness (QED) is 0.291. The molecule has 0 aromatic heterocycles. The first-order chi connectivity index (χ1) is 19.5. The fourth-order valence-corrected chi connectivity index (χ4v) is 6.77. The minimum absolute atomic E-state index is 0.00375. The number of amides is 2. The smallest absolute Gasteiger partial charge is 0.264 e. The lowest BCUT2D eigenvalue weighted by Gasteiger charge is -2.32. The van der Waals surface area contributed by atoms with E-state index in [1.807, 2.05) is 38.1 Å². The second kappa shape index (κ2) is 13.3. The average molecular weight is 617 g/mol. The van der Waals surface area contributed by atoms with E-state index in [1.165, 1.54) is 23.1 Å². The molecule has 0 aliphatic heterocycles. The molecule has 218 valence electrons. The van der Waals surface area contributed by atoms with Gasteiger partial charge in [0.15, 0.2) is 0 Å². The van der Waals surface area contributed by atoms with Gasteiger partial charge in [0, 0.05) is 12.6 Å². The summed E-state index contributed by atoms with van der Waals surface area (Å²) in [5.41, 5.74) is 2.84. The number of hydrogen-bond donors (Lipinski definition) is 1. The van der Waals surface area contributed by atoms with Crippen LogP contribution in [0.15, 0.2) is 71.6 Å². The zero-order valence-electron chi connectivity index (χ0n) is 23.4. The van der Waals surface area contributed by atoms with Crippen molar-refractivity contribution in [3.63, 3.8) is 0 Å². The van der Waals surface area contributed by atoms with Crippen molar-refractivity contribution in [2.24, 2.45) is 0 Å². The molecule has 41 heavy (non-hydrogen) atoms. The number of carbonyl (C=O) groups is 2. The second-order valence-electron chi connectivity index (χ2n) is 10.6. The number of nitrogens with one attached hydrogen (secondary N) is 1. The van der Waals surface area contributed by atoms with E-state index >= 15 is 0 Å². The minimum atomic E-state index is -4.24. The highest BCUT2D eigenvalue weighted by Crippen LogP contribution is 2.35. The molecule has 1 fully saturated rings. The highest BCUT2D eigenvalue weighted by atomic mass is 35.5. The molecule has 0 unspecified atom stereocenters. The number of aryl methyl sites for hydroxylation is 2. The standard InChI is InChI=1S/C31H35Cl2N3O4S/c1-21-11-15-24(16-12-21)19-35(23(3)31(38)34-25-7-4-5-8-25)29(37)20-36(28-10-6-9-27(32)30(28)33)41(39,40)26-17-13-22(2)14-18-26/h6,9-18,23,25H,4-5,7-8,19-20H2,1-3H3,(H,34,38)/t23-/m0/s1. The highest BCUT2D eigenvalue weighted by molar-refractivity contribution is 7.92. The molecule has 3 aromatic rings. The molecule has 0 spiro atoms. The first kappa shape index (κ1) is 30.9. The Bertz CT molecular complexity index is 1490. The fraction of sp³-hybridized carbons (Fsp3) is 0.355. The molecule has 1 aliphatic carbocycles. The van der Waals surface area contributed by atoms with Crippen molar-refractivity contribution in [3.05, 3.63) is 93.5 Å². The topological polar surface area (TPSA) is 86.8 Å². The summed E-state index contributed by atoms with van der Waals surface area (Å²) in [6.45, 7) is 5.03. The van der Waals surface area contributed by atoms with E-state index in [0.29, 0.717) is 0 Å². The number of anilines is 1. The van der Waals surface area contributed by atoms with Crippen molar-refractivity contribution >= 4 is 50.7 Å². The maximum absolute atomic E-state index is 14.1. The third-order valence-corrected chi connectivity index (χ3v) is 10.0. The molecule has 1 atom stereocenters. The van der Waals surface area contributed by atoms with E-state index in [-0.39, 0.29) is 39.1 Å². The summed E-state index contributed by atoms with van der Waals surface area (Å²) in [6.07, 6.45) is 3.91. The Hall–Kier alpha value is -3.07. The second-order valence-corrected chi connectivity index (χ2v) is 13.2. The summed E-state index contributed by atoms with van der Waals surface area (Å²) in [7, 11) is -4.24. The van der Waals surface area contributed by atoms with Crippen LogP contribution in [0, 0.1) is 13.8 Å². The zero-order valence-corrected chi connectivity index (χ0v) is 25.8. The van der Waals surface area contributed by atoms with Crippen molar-refractivity contribution in [1.82, 2.24) is 10.2 Å². The molecule has 0 radical (unpaired) electrons. The molecule has 2 amide bonds. The van der Waals surface area contributed by atoms with Gasteiger partial charge in [-0.15, -0.1) is 0 Å². The van der Waals surface area contributed by atoms with Gasteiger partial charge >= 0.3 is 0 Å². The van der Waals surface area contributed by atoms with Crippen LogP contribution in [0.25, 0.3) is 0 Å². The summed E-state index contributed by atoms with van der Waals surface area (Å²) < 4.78 is 28.9. The number of rotatable bonds is 10. The van der Waals surface area contributed by atoms with Gasteiger partial charge in [0.1, 0.15) is 12.6 Å². The number of nitrogens with zero attached hydrogens (tertiary/aromatic N) is 2. The Morgan fingerprint density at radius 3 is 2.12 bits per heavy atom. The normalized spacial score (nSPS) is 14.5. The first-order valence-electron chi connectivity index (χ1n) is 13.7. The number of halogens is 2. The highest BCUT2D eigenvalue weighted by Gasteiger charge is 2.34. The van der Waals surface area contributed by atoms with Crippen LogP contribution < -0.4 is 9.62 Å². The van der Waals surface area contributed by atoms with Crippen LogP contribution >= 0.6 is 23.2 Å². The lowest BCUT2D eigenvalue weighted by molar-refractivity contribution is -0.139. The summed E-state index contributed by atoms with van der Waals surface area (Å²) in [4.78, 5) is 28.8. The van der Waals surface area contributed by atoms with E-state index < -0.39 is 28.5 Å². The van der Waals surface area contributed by atoms with E-state index in [2.05, 4.69) is 5.32 Å². The molecule has 0 saturated heterocycles. The van der Waals surface area contributed by atoms with Crippen LogP contribution in [0.1, 0.15) is 49.3 Å². The molecule has 3 aromatic carbocycles. The molecule has 4 rings (SSSR count). The molecule has 0 bridgehead atoms. The van der Waals surface area contributed by atoms with Crippen molar-refractivity contribution in [1.29, 1.82) is 0 Å². The molecule has 0 heterocycles. The van der Waals surface area contributed by atoms with Crippen molar-refractivity contribution in [3.8, 4) is 0 Å². The Kier molecular flexibility index (Phi) is 10.00. The number of hydrogen-bond acceptors (Lipinski definition) is 4. The van der Waals surface area contributed by atoms with Crippen molar-refractivity contribution in [2.75, 3.05) is 10.8 Å². The summed E-state index contributed by atoms with van der Waals surface area (Å²) in [6, 6.07) is 17.9. The predicted octanol–water partition coefficient (Wildman–Crippen LogP) is 6.28. The molecular formula is C31H35Cl2N3O4S. The van der Waals surface area contributed by atoms with Crippen LogP contribution in [0.5, 0.6) is 0 Å². The van der Waals surface area contributed by atoms with Crippen LogP contribution in [0.3, 0.4) is 0 Å². The van der Waals surface area contributed by atoms with Gasteiger partial charge in [-0.25, -0.2) is 8.42 Å². The van der Waals surface area contributed by atoms with E-state index in [0.717, 1.165) is 46.7 Å². The van der Waals surface area contributed by atoms with Gasteiger partial charge in [0.2, 0.25) is 11.8 Å². The maximum Gasteiger partial charge on any atom is 0.264 e. The van der Waals surface area contributed by atoms with E-state index in [4.69, 9.17) is 23.2 Å². The SMILES string of the molecule is Cc1ccc(CN(C(=O)CN(c2cccc(Cl)c2Cl)S(=O)(=O)c2ccc(C)cc2)[C@@H](C)C(=O)NC2CCCC2)cc1. The fourth-order valence-electron chi connectivity index (χ4n) is 4.90. The molecule has 10 heteroatoms. The zero-order chi connectivity index (χ0) is 29.7. The Balaban J connectivity index is 1.71. The third-order valence-electron chi connectivity index (χ3n) is 7.43. The summed E-state index contributed by atoms with van der Waals surface area (Å²) >= 11 is 12.8. The van der Waals surface area contributed by atoms with Crippen LogP contribution in [0.2, 0.25) is 10.0 Å².